The maximum Gasteiger partial charge on any atom is 0.252 e. The van der Waals surface area contributed by atoms with E-state index >= 15 is 0 Å². The zero-order chi connectivity index (χ0) is 13.0. The van der Waals surface area contributed by atoms with Crippen molar-refractivity contribution in [3.63, 3.8) is 0 Å². The number of hydrogen-bond acceptors (Lipinski definition) is 3. The SMILES string of the molecule is NC1CCCC(CNC(=O)c2ccc(=O)[nH]c2)C1. The van der Waals surface area contributed by atoms with E-state index in [0.29, 0.717) is 18.0 Å². The summed E-state index contributed by atoms with van der Waals surface area (Å²) >= 11 is 0. The molecule has 1 aliphatic carbocycles. The highest BCUT2D eigenvalue weighted by atomic mass is 16.1. The van der Waals surface area contributed by atoms with Crippen LogP contribution in [0.2, 0.25) is 0 Å². The zero-order valence-electron chi connectivity index (χ0n) is 10.3. The molecule has 18 heavy (non-hydrogen) atoms. The first-order valence-corrected chi connectivity index (χ1v) is 6.37. The Hall–Kier alpha value is -1.62. The maximum atomic E-state index is 11.8. The van der Waals surface area contributed by atoms with E-state index in [2.05, 4.69) is 10.3 Å². The summed E-state index contributed by atoms with van der Waals surface area (Å²) in [7, 11) is 0. The molecule has 98 valence electrons. The summed E-state index contributed by atoms with van der Waals surface area (Å²) in [5, 5.41) is 2.89. The van der Waals surface area contributed by atoms with Crippen LogP contribution in [0.1, 0.15) is 36.0 Å². The standard InChI is InChI=1S/C13H19N3O2/c14-11-3-1-2-9(6-11)7-16-13(18)10-4-5-12(17)15-8-10/h4-5,8-9,11H,1-3,6-7,14H2,(H,15,17)(H,16,18). The Kier molecular flexibility index (Phi) is 4.15. The summed E-state index contributed by atoms with van der Waals surface area (Å²) in [5.41, 5.74) is 6.18. The Labute approximate surface area is 106 Å². The van der Waals surface area contributed by atoms with Gasteiger partial charge in [-0.15, -0.1) is 0 Å². The van der Waals surface area contributed by atoms with Crippen LogP contribution in [0.5, 0.6) is 0 Å². The lowest BCUT2D eigenvalue weighted by Gasteiger charge is -2.26. The first-order chi connectivity index (χ1) is 8.65. The average Bonchev–Trinajstić information content (AvgIpc) is 2.37. The van der Waals surface area contributed by atoms with Crippen molar-refractivity contribution in [1.29, 1.82) is 0 Å². The minimum atomic E-state index is -0.204. The van der Waals surface area contributed by atoms with Gasteiger partial charge in [-0.3, -0.25) is 9.59 Å². The smallest absolute Gasteiger partial charge is 0.252 e. The van der Waals surface area contributed by atoms with E-state index < -0.39 is 0 Å². The molecule has 1 fully saturated rings. The Morgan fingerprint density at radius 2 is 2.28 bits per heavy atom. The van der Waals surface area contributed by atoms with Crippen molar-refractivity contribution in [2.45, 2.75) is 31.7 Å². The third-order valence-corrected chi connectivity index (χ3v) is 3.42. The molecule has 0 aromatic carbocycles. The van der Waals surface area contributed by atoms with E-state index in [-0.39, 0.29) is 17.5 Å². The van der Waals surface area contributed by atoms with Crippen molar-refractivity contribution in [2.24, 2.45) is 11.7 Å². The van der Waals surface area contributed by atoms with Gasteiger partial charge in [0.05, 0.1) is 5.56 Å². The Morgan fingerprint density at radius 3 is 2.94 bits per heavy atom. The van der Waals surface area contributed by atoms with Crippen molar-refractivity contribution < 1.29 is 4.79 Å². The van der Waals surface area contributed by atoms with Gasteiger partial charge in [0, 0.05) is 24.8 Å². The molecule has 2 rings (SSSR count). The van der Waals surface area contributed by atoms with Gasteiger partial charge in [-0.25, -0.2) is 0 Å². The number of carbonyl (C=O) groups excluding carboxylic acids is 1. The minimum absolute atomic E-state index is 0.148. The first kappa shape index (κ1) is 12.8. The second kappa shape index (κ2) is 5.82. The lowest BCUT2D eigenvalue weighted by Crippen LogP contribution is -2.35. The molecule has 1 aromatic heterocycles. The number of amides is 1. The normalized spacial score (nSPS) is 23.6. The quantitative estimate of drug-likeness (QED) is 0.734. The fourth-order valence-corrected chi connectivity index (χ4v) is 2.41. The molecular formula is C13H19N3O2. The molecule has 1 saturated carbocycles. The van der Waals surface area contributed by atoms with E-state index in [1.54, 1.807) is 0 Å². The summed E-state index contributed by atoms with van der Waals surface area (Å²) in [6.07, 6.45) is 5.76. The van der Waals surface area contributed by atoms with Crippen LogP contribution in [0.4, 0.5) is 0 Å². The molecule has 1 amide bonds. The highest BCUT2D eigenvalue weighted by Crippen LogP contribution is 2.22. The number of aromatic amines is 1. The summed E-state index contributed by atoms with van der Waals surface area (Å²) < 4.78 is 0. The lowest BCUT2D eigenvalue weighted by atomic mass is 9.86. The summed E-state index contributed by atoms with van der Waals surface area (Å²) in [6.45, 7) is 0.658. The number of hydrogen-bond donors (Lipinski definition) is 3. The van der Waals surface area contributed by atoms with E-state index in [9.17, 15) is 9.59 Å². The molecule has 0 radical (unpaired) electrons. The van der Waals surface area contributed by atoms with Gasteiger partial charge in [-0.2, -0.15) is 0 Å². The average molecular weight is 249 g/mol. The third-order valence-electron chi connectivity index (χ3n) is 3.42. The molecule has 0 saturated heterocycles. The van der Waals surface area contributed by atoms with Crippen LogP contribution >= 0.6 is 0 Å². The third kappa shape index (κ3) is 3.43. The Bertz CT molecular complexity index is 449. The van der Waals surface area contributed by atoms with E-state index in [1.165, 1.54) is 18.3 Å². The number of nitrogens with one attached hydrogen (secondary N) is 2. The van der Waals surface area contributed by atoms with Crippen molar-refractivity contribution in [3.8, 4) is 0 Å². The fourth-order valence-electron chi connectivity index (χ4n) is 2.41. The van der Waals surface area contributed by atoms with Gasteiger partial charge >= 0.3 is 0 Å². The molecule has 0 spiro atoms. The van der Waals surface area contributed by atoms with Crippen LogP contribution in [-0.2, 0) is 0 Å². The van der Waals surface area contributed by atoms with Crippen LogP contribution in [0, 0.1) is 5.92 Å². The topological polar surface area (TPSA) is 88.0 Å². The van der Waals surface area contributed by atoms with Gasteiger partial charge in [-0.05, 0) is 31.2 Å². The fraction of sp³-hybridized carbons (Fsp3) is 0.538. The van der Waals surface area contributed by atoms with Crippen LogP contribution in [0.25, 0.3) is 0 Å². The maximum absolute atomic E-state index is 11.8. The van der Waals surface area contributed by atoms with E-state index in [0.717, 1.165) is 25.7 Å². The number of pyridine rings is 1. The number of H-pyrrole nitrogens is 1. The summed E-state index contributed by atoms with van der Waals surface area (Å²) in [5.74, 6) is 0.325. The molecule has 4 N–H and O–H groups in total. The zero-order valence-corrected chi connectivity index (χ0v) is 10.3. The summed E-state index contributed by atoms with van der Waals surface area (Å²) in [6, 6.07) is 3.15. The minimum Gasteiger partial charge on any atom is -0.352 e. The van der Waals surface area contributed by atoms with Gasteiger partial charge < -0.3 is 16.0 Å². The Morgan fingerprint density at radius 1 is 1.44 bits per heavy atom. The predicted octanol–water partition coefficient (Wildman–Crippen LogP) is 0.622. The van der Waals surface area contributed by atoms with Crippen LogP contribution in [0.15, 0.2) is 23.1 Å². The first-order valence-electron chi connectivity index (χ1n) is 6.37. The molecule has 1 heterocycles. The van der Waals surface area contributed by atoms with E-state index in [4.69, 9.17) is 5.73 Å². The van der Waals surface area contributed by atoms with Crippen LogP contribution in [0.3, 0.4) is 0 Å². The molecule has 2 unspecified atom stereocenters. The molecule has 2 atom stereocenters. The summed E-state index contributed by atoms with van der Waals surface area (Å²) in [4.78, 5) is 25.2. The number of rotatable bonds is 3. The Balaban J connectivity index is 1.84. The molecular weight excluding hydrogens is 230 g/mol. The monoisotopic (exact) mass is 249 g/mol. The van der Waals surface area contributed by atoms with Crippen LogP contribution < -0.4 is 16.6 Å². The predicted molar refractivity (Wildman–Crippen MR) is 69.3 cm³/mol. The highest BCUT2D eigenvalue weighted by molar-refractivity contribution is 5.93. The van der Waals surface area contributed by atoms with Gasteiger partial charge in [0.2, 0.25) is 5.56 Å². The molecule has 5 heteroatoms. The van der Waals surface area contributed by atoms with Crippen LogP contribution in [-0.4, -0.2) is 23.5 Å². The van der Waals surface area contributed by atoms with Crippen molar-refractivity contribution in [2.75, 3.05) is 6.54 Å². The van der Waals surface area contributed by atoms with Crippen molar-refractivity contribution >= 4 is 5.91 Å². The number of carbonyl (C=O) groups is 1. The van der Waals surface area contributed by atoms with Crippen molar-refractivity contribution in [1.82, 2.24) is 10.3 Å². The van der Waals surface area contributed by atoms with Gasteiger partial charge in [0.1, 0.15) is 0 Å². The van der Waals surface area contributed by atoms with Gasteiger partial charge in [-0.1, -0.05) is 6.42 Å². The molecule has 1 aromatic rings. The second-order valence-electron chi connectivity index (χ2n) is 4.94. The largest absolute Gasteiger partial charge is 0.352 e. The second-order valence-corrected chi connectivity index (χ2v) is 4.94. The lowest BCUT2D eigenvalue weighted by molar-refractivity contribution is 0.0942. The highest BCUT2D eigenvalue weighted by Gasteiger charge is 2.19. The molecule has 0 aliphatic heterocycles. The van der Waals surface area contributed by atoms with E-state index in [1.807, 2.05) is 0 Å². The number of nitrogens with two attached hydrogens (primary N) is 1. The molecule has 5 nitrogen and oxygen atoms in total. The van der Waals surface area contributed by atoms with Gasteiger partial charge in [0.25, 0.3) is 5.91 Å². The van der Waals surface area contributed by atoms with Crippen molar-refractivity contribution in [3.05, 3.63) is 34.2 Å². The number of aromatic nitrogens is 1. The molecule has 0 bridgehead atoms. The molecule has 1 aliphatic rings. The van der Waals surface area contributed by atoms with Gasteiger partial charge in [0.15, 0.2) is 0 Å².